The van der Waals surface area contributed by atoms with Crippen molar-refractivity contribution < 1.29 is 26.7 Å². The molecule has 0 fully saturated rings. The molecule has 0 saturated heterocycles. The Morgan fingerprint density at radius 3 is 2.23 bits per heavy atom. The van der Waals surface area contributed by atoms with E-state index in [2.05, 4.69) is 15.3 Å². The van der Waals surface area contributed by atoms with Gasteiger partial charge in [0.2, 0.25) is 11.7 Å². The molecule has 0 bridgehead atoms. The van der Waals surface area contributed by atoms with Gasteiger partial charge in [-0.15, -0.1) is 0 Å². The number of carbonyl (C=O) groups excluding carboxylic acids is 1. The SMILES string of the molecule is CC(NC(=O)Cc1c(F)c(F)c(F)c(F)c1F)c1nc2ccccc2[nH]1. The molecule has 0 saturated carbocycles. The number of hydrogen-bond acceptors (Lipinski definition) is 2. The van der Waals surface area contributed by atoms with Crippen LogP contribution < -0.4 is 5.32 Å². The van der Waals surface area contributed by atoms with Crippen LogP contribution in [0.4, 0.5) is 22.0 Å². The molecule has 1 heterocycles. The number of rotatable bonds is 4. The van der Waals surface area contributed by atoms with Crippen LogP contribution in [0.5, 0.6) is 0 Å². The zero-order valence-electron chi connectivity index (χ0n) is 13.3. The first kappa shape index (κ1) is 17.8. The number of para-hydroxylation sites is 2. The molecule has 1 amide bonds. The van der Waals surface area contributed by atoms with Crippen molar-refractivity contribution in [1.82, 2.24) is 15.3 Å². The van der Waals surface area contributed by atoms with E-state index in [9.17, 15) is 26.7 Å². The van der Waals surface area contributed by atoms with Gasteiger partial charge in [0.05, 0.1) is 23.5 Å². The van der Waals surface area contributed by atoms with Gasteiger partial charge in [0.15, 0.2) is 23.3 Å². The quantitative estimate of drug-likeness (QED) is 0.419. The highest BCUT2D eigenvalue weighted by Crippen LogP contribution is 2.23. The van der Waals surface area contributed by atoms with E-state index in [0.717, 1.165) is 5.52 Å². The van der Waals surface area contributed by atoms with E-state index in [1.807, 2.05) is 0 Å². The number of imidazole rings is 1. The summed E-state index contributed by atoms with van der Waals surface area (Å²) in [7, 11) is 0. The molecule has 1 unspecified atom stereocenters. The van der Waals surface area contributed by atoms with Crippen LogP contribution in [0.15, 0.2) is 24.3 Å². The average Bonchev–Trinajstić information content (AvgIpc) is 3.06. The van der Waals surface area contributed by atoms with Crippen molar-refractivity contribution in [2.45, 2.75) is 19.4 Å². The summed E-state index contributed by atoms with van der Waals surface area (Å²) in [6, 6.07) is 6.42. The molecule has 2 aromatic carbocycles. The van der Waals surface area contributed by atoms with E-state index < -0.39 is 53.0 Å². The smallest absolute Gasteiger partial charge is 0.225 e. The summed E-state index contributed by atoms with van der Waals surface area (Å²) in [4.78, 5) is 19.2. The monoisotopic (exact) mass is 369 g/mol. The van der Waals surface area contributed by atoms with Gasteiger partial charge >= 0.3 is 0 Å². The Morgan fingerprint density at radius 2 is 1.62 bits per heavy atom. The number of H-pyrrole nitrogens is 1. The van der Waals surface area contributed by atoms with Crippen molar-refractivity contribution in [3.05, 3.63) is 64.7 Å². The minimum Gasteiger partial charge on any atom is -0.346 e. The predicted molar refractivity (Wildman–Crippen MR) is 82.6 cm³/mol. The van der Waals surface area contributed by atoms with Crippen molar-refractivity contribution >= 4 is 16.9 Å². The van der Waals surface area contributed by atoms with Gasteiger partial charge < -0.3 is 10.3 Å². The minimum atomic E-state index is -2.26. The molecule has 0 spiro atoms. The second-order valence-electron chi connectivity index (χ2n) is 5.65. The summed E-state index contributed by atoms with van der Waals surface area (Å²) in [6.07, 6.45) is -1.00. The zero-order chi connectivity index (χ0) is 19.0. The minimum absolute atomic E-state index is 0.386. The van der Waals surface area contributed by atoms with Crippen LogP contribution in [-0.4, -0.2) is 15.9 Å². The van der Waals surface area contributed by atoms with Crippen LogP contribution in [0.2, 0.25) is 0 Å². The fraction of sp³-hybridized carbons (Fsp3) is 0.176. The van der Waals surface area contributed by atoms with Crippen LogP contribution in [-0.2, 0) is 11.2 Å². The molecule has 2 N–H and O–H groups in total. The molecule has 0 aliphatic rings. The Morgan fingerprint density at radius 1 is 1.04 bits per heavy atom. The number of nitrogens with zero attached hydrogens (tertiary/aromatic N) is 1. The molecule has 1 aromatic heterocycles. The van der Waals surface area contributed by atoms with E-state index in [-0.39, 0.29) is 0 Å². The van der Waals surface area contributed by atoms with Crippen LogP contribution in [0.1, 0.15) is 24.4 Å². The van der Waals surface area contributed by atoms with Crippen LogP contribution in [0.25, 0.3) is 11.0 Å². The van der Waals surface area contributed by atoms with Gasteiger partial charge in [-0.1, -0.05) is 12.1 Å². The molecule has 26 heavy (non-hydrogen) atoms. The van der Waals surface area contributed by atoms with E-state index in [1.165, 1.54) is 0 Å². The van der Waals surface area contributed by atoms with Crippen molar-refractivity contribution in [2.75, 3.05) is 0 Å². The van der Waals surface area contributed by atoms with Gasteiger partial charge in [-0.25, -0.2) is 26.9 Å². The first-order chi connectivity index (χ1) is 12.3. The van der Waals surface area contributed by atoms with E-state index in [4.69, 9.17) is 0 Å². The average molecular weight is 369 g/mol. The van der Waals surface area contributed by atoms with E-state index >= 15 is 0 Å². The topological polar surface area (TPSA) is 57.8 Å². The third kappa shape index (κ3) is 3.12. The number of aromatic amines is 1. The summed E-state index contributed by atoms with van der Waals surface area (Å²) >= 11 is 0. The largest absolute Gasteiger partial charge is 0.346 e. The molecule has 136 valence electrons. The number of benzene rings is 2. The summed E-state index contributed by atoms with van der Waals surface area (Å²) in [6.45, 7) is 1.56. The van der Waals surface area contributed by atoms with Crippen molar-refractivity contribution in [1.29, 1.82) is 0 Å². The number of amides is 1. The number of nitrogens with one attached hydrogen (secondary N) is 2. The Balaban J connectivity index is 1.79. The second-order valence-corrected chi connectivity index (χ2v) is 5.65. The van der Waals surface area contributed by atoms with Crippen molar-refractivity contribution in [2.24, 2.45) is 0 Å². The Hall–Kier alpha value is -2.97. The summed E-state index contributed by atoms with van der Waals surface area (Å²) in [5.41, 5.74) is 0.197. The molecule has 9 heteroatoms. The maximum atomic E-state index is 13.6. The third-order valence-electron chi connectivity index (χ3n) is 3.83. The number of fused-ring (bicyclic) bond motifs is 1. The summed E-state index contributed by atoms with van der Waals surface area (Å²) < 4.78 is 66.7. The summed E-state index contributed by atoms with van der Waals surface area (Å²) in [5.74, 6) is -11.0. The van der Waals surface area contributed by atoms with Crippen LogP contribution in [0.3, 0.4) is 0 Å². The molecule has 0 radical (unpaired) electrons. The molecule has 1 atom stereocenters. The molecular weight excluding hydrogens is 357 g/mol. The van der Waals surface area contributed by atoms with Crippen molar-refractivity contribution in [3.63, 3.8) is 0 Å². The number of carbonyl (C=O) groups is 1. The molecule has 3 rings (SSSR count). The predicted octanol–water partition coefficient (Wildman–Crippen LogP) is 3.68. The maximum Gasteiger partial charge on any atom is 0.225 e. The Labute approximate surface area is 144 Å². The standard InChI is InChI=1S/C17H12F5N3O/c1-7(17-24-9-4-2-3-5-10(9)25-17)23-11(26)6-8-12(18)14(20)16(22)15(21)13(8)19/h2-5,7H,6H2,1H3,(H,23,26)(H,24,25). The molecule has 3 aromatic rings. The van der Waals surface area contributed by atoms with E-state index in [1.54, 1.807) is 31.2 Å². The fourth-order valence-electron chi connectivity index (χ4n) is 2.50. The van der Waals surface area contributed by atoms with Gasteiger partial charge in [0, 0.05) is 5.56 Å². The van der Waals surface area contributed by atoms with Gasteiger partial charge in [-0.3, -0.25) is 4.79 Å². The first-order valence-electron chi connectivity index (χ1n) is 7.54. The highest BCUT2D eigenvalue weighted by atomic mass is 19.2. The highest BCUT2D eigenvalue weighted by molar-refractivity contribution is 5.79. The number of aromatic nitrogens is 2. The van der Waals surface area contributed by atoms with Crippen LogP contribution in [0, 0.1) is 29.1 Å². The number of halogens is 5. The van der Waals surface area contributed by atoms with Gasteiger partial charge in [0.1, 0.15) is 5.82 Å². The summed E-state index contributed by atoms with van der Waals surface area (Å²) in [5, 5.41) is 2.41. The van der Waals surface area contributed by atoms with Gasteiger partial charge in [0.25, 0.3) is 0 Å². The molecule has 4 nitrogen and oxygen atoms in total. The normalized spacial score (nSPS) is 12.4. The Kier molecular flexibility index (Phi) is 4.62. The second kappa shape index (κ2) is 6.74. The lowest BCUT2D eigenvalue weighted by Crippen LogP contribution is -2.29. The fourth-order valence-corrected chi connectivity index (χ4v) is 2.50. The highest BCUT2D eigenvalue weighted by Gasteiger charge is 2.27. The molecular formula is C17H12F5N3O. The maximum absolute atomic E-state index is 13.6. The zero-order valence-corrected chi connectivity index (χ0v) is 13.3. The van der Waals surface area contributed by atoms with Crippen molar-refractivity contribution in [3.8, 4) is 0 Å². The lowest BCUT2D eigenvalue weighted by molar-refractivity contribution is -0.121. The van der Waals surface area contributed by atoms with Crippen LogP contribution >= 0.6 is 0 Å². The Bertz CT molecular complexity index is 939. The van der Waals surface area contributed by atoms with E-state index in [0.29, 0.717) is 11.3 Å². The lowest BCUT2D eigenvalue weighted by atomic mass is 10.1. The number of hydrogen-bond donors (Lipinski definition) is 2. The molecule has 0 aliphatic heterocycles. The lowest BCUT2D eigenvalue weighted by Gasteiger charge is -2.13. The molecule has 0 aliphatic carbocycles. The van der Waals surface area contributed by atoms with Gasteiger partial charge in [-0.05, 0) is 19.1 Å². The third-order valence-corrected chi connectivity index (χ3v) is 3.83. The first-order valence-corrected chi connectivity index (χ1v) is 7.54. The van der Waals surface area contributed by atoms with Gasteiger partial charge in [-0.2, -0.15) is 0 Å².